The molecule has 23 heavy (non-hydrogen) atoms. The number of sulfonamides is 1. The summed E-state index contributed by atoms with van der Waals surface area (Å²) in [6, 6.07) is 1.00. The molecule has 0 unspecified atom stereocenters. The smallest absolute Gasteiger partial charge is 0.322 e. The van der Waals surface area contributed by atoms with Gasteiger partial charge in [0.25, 0.3) is 5.69 Å². The normalized spacial score (nSPS) is 14.3. The molecule has 9 heteroatoms. The first kappa shape index (κ1) is 19.0. The molecule has 2 atom stereocenters. The van der Waals surface area contributed by atoms with Crippen LogP contribution in [0.5, 0.6) is 0 Å². The fourth-order valence-electron chi connectivity index (χ4n) is 2.01. The minimum atomic E-state index is -4.35. The second-order valence-corrected chi connectivity index (χ2v) is 7.17. The Balaban J connectivity index is 3.41. The highest BCUT2D eigenvalue weighted by molar-refractivity contribution is 7.89. The molecule has 0 radical (unpaired) electrons. The molecule has 0 saturated carbocycles. The van der Waals surface area contributed by atoms with Crippen LogP contribution >= 0.6 is 0 Å². The number of nitrogens with one attached hydrogen (secondary N) is 1. The highest BCUT2D eigenvalue weighted by Crippen LogP contribution is 2.28. The van der Waals surface area contributed by atoms with E-state index in [0.29, 0.717) is 17.5 Å². The van der Waals surface area contributed by atoms with E-state index in [1.54, 1.807) is 27.7 Å². The summed E-state index contributed by atoms with van der Waals surface area (Å²) in [7, 11) is -4.35. The SMILES string of the molecule is CC[C@H](C)[C@H](NS(=O)(=O)c1cc(C)c(C)cc1[N+](=O)[O-])C(=O)O. The van der Waals surface area contributed by atoms with Crippen molar-refractivity contribution in [3.63, 3.8) is 0 Å². The van der Waals surface area contributed by atoms with Crippen LogP contribution in [0.15, 0.2) is 17.0 Å². The summed E-state index contributed by atoms with van der Waals surface area (Å²) in [5.41, 5.74) is 0.563. The summed E-state index contributed by atoms with van der Waals surface area (Å²) in [6.07, 6.45) is 0.439. The summed E-state index contributed by atoms with van der Waals surface area (Å²) in [5, 5.41) is 20.3. The van der Waals surface area contributed by atoms with Gasteiger partial charge in [-0.05, 0) is 37.0 Å². The standard InChI is InChI=1S/C14H20N2O6S/c1-5-8(2)13(14(17)18)15-23(21,22)12-7-10(4)9(3)6-11(12)16(19)20/h6-8,13,15H,5H2,1-4H3,(H,17,18)/t8-,13-/m0/s1. The van der Waals surface area contributed by atoms with E-state index in [1.165, 1.54) is 12.1 Å². The number of rotatable bonds is 7. The molecule has 0 aromatic heterocycles. The Morgan fingerprint density at radius 1 is 1.35 bits per heavy atom. The van der Waals surface area contributed by atoms with E-state index >= 15 is 0 Å². The zero-order valence-electron chi connectivity index (χ0n) is 13.4. The van der Waals surface area contributed by atoms with Crippen molar-refractivity contribution < 1.29 is 23.2 Å². The van der Waals surface area contributed by atoms with Gasteiger partial charge in [-0.1, -0.05) is 20.3 Å². The quantitative estimate of drug-likeness (QED) is 0.575. The fourth-order valence-corrected chi connectivity index (χ4v) is 3.54. The zero-order valence-corrected chi connectivity index (χ0v) is 14.2. The molecule has 128 valence electrons. The number of carboxylic acid groups (broad SMARTS) is 1. The lowest BCUT2D eigenvalue weighted by atomic mass is 10.0. The summed E-state index contributed by atoms with van der Waals surface area (Å²) in [4.78, 5) is 21.1. The van der Waals surface area contributed by atoms with Crippen LogP contribution in [0.1, 0.15) is 31.4 Å². The van der Waals surface area contributed by atoms with Crippen molar-refractivity contribution >= 4 is 21.7 Å². The first-order valence-electron chi connectivity index (χ1n) is 7.02. The molecule has 0 aliphatic carbocycles. The molecule has 0 fully saturated rings. The zero-order chi connectivity index (χ0) is 17.9. The van der Waals surface area contributed by atoms with Gasteiger partial charge in [0.1, 0.15) is 6.04 Å². The monoisotopic (exact) mass is 344 g/mol. The van der Waals surface area contributed by atoms with E-state index in [-0.39, 0.29) is 0 Å². The molecule has 0 spiro atoms. The average molecular weight is 344 g/mol. The van der Waals surface area contributed by atoms with E-state index in [2.05, 4.69) is 4.72 Å². The number of nitro groups is 1. The Labute approximate surface area is 134 Å². The van der Waals surface area contributed by atoms with Crippen molar-refractivity contribution in [2.45, 2.75) is 45.1 Å². The Bertz CT molecular complexity index is 729. The van der Waals surface area contributed by atoms with E-state index < -0.39 is 43.5 Å². The lowest BCUT2D eigenvalue weighted by Gasteiger charge is -2.20. The van der Waals surface area contributed by atoms with Crippen LogP contribution in [0.2, 0.25) is 0 Å². The molecule has 8 nitrogen and oxygen atoms in total. The Hall–Kier alpha value is -2.00. The van der Waals surface area contributed by atoms with Gasteiger partial charge in [0.2, 0.25) is 10.0 Å². The van der Waals surface area contributed by atoms with Crippen LogP contribution in [0.3, 0.4) is 0 Å². The van der Waals surface area contributed by atoms with Crippen molar-refractivity contribution in [2.75, 3.05) is 0 Å². The molecule has 0 saturated heterocycles. The third kappa shape index (κ3) is 4.26. The second kappa shape index (κ2) is 7.05. The number of aryl methyl sites for hydroxylation is 2. The molecule has 1 aromatic carbocycles. The maximum Gasteiger partial charge on any atom is 0.322 e. The molecule has 1 rings (SSSR count). The van der Waals surface area contributed by atoms with Crippen molar-refractivity contribution in [1.82, 2.24) is 4.72 Å². The van der Waals surface area contributed by atoms with E-state index in [4.69, 9.17) is 0 Å². The molecule has 0 aliphatic heterocycles. The summed E-state index contributed by atoms with van der Waals surface area (Å²) >= 11 is 0. The Morgan fingerprint density at radius 3 is 2.30 bits per heavy atom. The number of nitro benzene ring substituents is 1. The average Bonchev–Trinajstić information content (AvgIpc) is 2.45. The summed E-state index contributed by atoms with van der Waals surface area (Å²) in [6.45, 7) is 6.58. The molecular weight excluding hydrogens is 324 g/mol. The molecule has 0 aliphatic rings. The fraction of sp³-hybridized carbons (Fsp3) is 0.500. The number of carboxylic acids is 1. The lowest BCUT2D eigenvalue weighted by Crippen LogP contribution is -2.45. The molecule has 0 amide bonds. The van der Waals surface area contributed by atoms with Crippen molar-refractivity contribution in [3.05, 3.63) is 33.4 Å². The number of carbonyl (C=O) groups is 1. The van der Waals surface area contributed by atoms with Gasteiger partial charge >= 0.3 is 5.97 Å². The van der Waals surface area contributed by atoms with Crippen molar-refractivity contribution in [2.24, 2.45) is 5.92 Å². The number of hydrogen-bond acceptors (Lipinski definition) is 5. The Kier molecular flexibility index (Phi) is 5.84. The summed E-state index contributed by atoms with van der Waals surface area (Å²) < 4.78 is 27.0. The van der Waals surface area contributed by atoms with Gasteiger partial charge in [-0.15, -0.1) is 0 Å². The molecule has 2 N–H and O–H groups in total. The topological polar surface area (TPSA) is 127 Å². The van der Waals surface area contributed by atoms with E-state index in [0.717, 1.165) is 0 Å². The van der Waals surface area contributed by atoms with Gasteiger partial charge in [0.05, 0.1) is 4.92 Å². The predicted octanol–water partition coefficient (Wildman–Crippen LogP) is 1.99. The second-order valence-electron chi connectivity index (χ2n) is 5.48. The van der Waals surface area contributed by atoms with Gasteiger partial charge in [-0.2, -0.15) is 4.72 Å². The van der Waals surface area contributed by atoms with Crippen LogP contribution in [-0.2, 0) is 14.8 Å². The lowest BCUT2D eigenvalue weighted by molar-refractivity contribution is -0.387. The van der Waals surface area contributed by atoms with Crippen molar-refractivity contribution in [1.29, 1.82) is 0 Å². The molecular formula is C14H20N2O6S. The summed E-state index contributed by atoms with van der Waals surface area (Å²) in [5.74, 6) is -1.79. The molecule has 1 aromatic rings. The van der Waals surface area contributed by atoms with Gasteiger partial charge < -0.3 is 5.11 Å². The number of nitrogens with zero attached hydrogens (tertiary/aromatic N) is 1. The van der Waals surface area contributed by atoms with Crippen LogP contribution in [0.4, 0.5) is 5.69 Å². The van der Waals surface area contributed by atoms with E-state index in [1.807, 2.05) is 0 Å². The third-order valence-electron chi connectivity index (χ3n) is 3.82. The number of benzene rings is 1. The van der Waals surface area contributed by atoms with Gasteiger partial charge in [0, 0.05) is 6.07 Å². The van der Waals surface area contributed by atoms with Crippen LogP contribution in [-0.4, -0.2) is 30.5 Å². The van der Waals surface area contributed by atoms with Gasteiger partial charge in [-0.25, -0.2) is 8.42 Å². The Morgan fingerprint density at radius 2 is 1.87 bits per heavy atom. The maximum absolute atomic E-state index is 12.5. The minimum absolute atomic E-state index is 0.439. The third-order valence-corrected chi connectivity index (χ3v) is 5.29. The highest BCUT2D eigenvalue weighted by atomic mass is 32.2. The minimum Gasteiger partial charge on any atom is -0.480 e. The first-order chi connectivity index (χ1) is 10.5. The van der Waals surface area contributed by atoms with Gasteiger partial charge in [0.15, 0.2) is 4.90 Å². The van der Waals surface area contributed by atoms with Crippen molar-refractivity contribution in [3.8, 4) is 0 Å². The van der Waals surface area contributed by atoms with Crippen LogP contribution < -0.4 is 4.72 Å². The molecule has 0 heterocycles. The molecule has 0 bridgehead atoms. The number of hydrogen-bond donors (Lipinski definition) is 2. The van der Waals surface area contributed by atoms with Crippen LogP contribution in [0, 0.1) is 29.9 Å². The number of aliphatic carboxylic acids is 1. The largest absolute Gasteiger partial charge is 0.480 e. The van der Waals surface area contributed by atoms with Crippen LogP contribution in [0.25, 0.3) is 0 Å². The maximum atomic E-state index is 12.5. The van der Waals surface area contributed by atoms with E-state index in [9.17, 15) is 28.4 Å². The van der Waals surface area contributed by atoms with Gasteiger partial charge in [-0.3, -0.25) is 14.9 Å². The predicted molar refractivity (Wildman–Crippen MR) is 83.8 cm³/mol. The first-order valence-corrected chi connectivity index (χ1v) is 8.50. The highest BCUT2D eigenvalue weighted by Gasteiger charge is 2.33.